The van der Waals surface area contributed by atoms with Crippen LogP contribution in [0, 0.1) is 0 Å². The van der Waals surface area contributed by atoms with Crippen molar-refractivity contribution in [3.05, 3.63) is 23.8 Å². The molecule has 1 unspecified atom stereocenters. The Morgan fingerprint density at radius 2 is 2.32 bits per heavy atom. The number of likely N-dealkylation sites (tertiary alicyclic amines) is 1. The van der Waals surface area contributed by atoms with Gasteiger partial charge in [-0.25, -0.2) is 0 Å². The highest BCUT2D eigenvalue weighted by molar-refractivity contribution is 5.97. The second-order valence-electron chi connectivity index (χ2n) is 5.03. The van der Waals surface area contributed by atoms with Gasteiger partial charge in [0.15, 0.2) is 0 Å². The maximum absolute atomic E-state index is 12.3. The standard InChI is InChI=1S/C14H21N3O2/c1-17-7-3-4-11(9-17)16-14(18)12-6-5-10(15)8-13(12)19-2/h5-6,8,11H,3-4,7,9,15H2,1-2H3,(H,16,18). The lowest BCUT2D eigenvalue weighted by Gasteiger charge is -2.30. The highest BCUT2D eigenvalue weighted by Crippen LogP contribution is 2.21. The first-order valence-electron chi connectivity index (χ1n) is 6.53. The number of likely N-dealkylation sites (N-methyl/N-ethyl adjacent to an activating group) is 1. The van der Waals surface area contributed by atoms with Crippen molar-refractivity contribution in [2.24, 2.45) is 0 Å². The van der Waals surface area contributed by atoms with Crippen LogP contribution in [0.15, 0.2) is 18.2 Å². The Kier molecular flexibility index (Phi) is 4.27. The summed E-state index contributed by atoms with van der Waals surface area (Å²) in [5, 5.41) is 3.06. The minimum absolute atomic E-state index is 0.0999. The monoisotopic (exact) mass is 263 g/mol. The molecule has 1 aromatic carbocycles. The van der Waals surface area contributed by atoms with Gasteiger partial charge in [0.2, 0.25) is 0 Å². The van der Waals surface area contributed by atoms with E-state index >= 15 is 0 Å². The number of hydrogen-bond donors (Lipinski definition) is 2. The van der Waals surface area contributed by atoms with Crippen LogP contribution in [-0.2, 0) is 0 Å². The zero-order chi connectivity index (χ0) is 13.8. The van der Waals surface area contributed by atoms with E-state index in [0.29, 0.717) is 17.0 Å². The normalized spacial score (nSPS) is 20.0. The third-order valence-electron chi connectivity index (χ3n) is 3.43. The summed E-state index contributed by atoms with van der Waals surface area (Å²) in [6.07, 6.45) is 2.13. The second-order valence-corrected chi connectivity index (χ2v) is 5.03. The van der Waals surface area contributed by atoms with Crippen molar-refractivity contribution in [2.45, 2.75) is 18.9 Å². The molecule has 1 amide bonds. The molecule has 1 heterocycles. The van der Waals surface area contributed by atoms with Crippen LogP contribution >= 0.6 is 0 Å². The maximum atomic E-state index is 12.3. The molecule has 1 aliphatic rings. The van der Waals surface area contributed by atoms with Crippen LogP contribution in [0.25, 0.3) is 0 Å². The number of amides is 1. The van der Waals surface area contributed by atoms with Crippen molar-refractivity contribution >= 4 is 11.6 Å². The number of ether oxygens (including phenoxy) is 1. The summed E-state index contributed by atoms with van der Waals surface area (Å²) in [5.41, 5.74) is 6.81. The third kappa shape index (κ3) is 3.38. The van der Waals surface area contributed by atoms with Gasteiger partial charge in [-0.1, -0.05) is 0 Å². The van der Waals surface area contributed by atoms with E-state index in [0.717, 1.165) is 25.9 Å². The molecular formula is C14H21N3O2. The number of carbonyl (C=O) groups excluding carboxylic acids is 1. The van der Waals surface area contributed by atoms with Crippen molar-refractivity contribution in [2.75, 3.05) is 33.0 Å². The van der Waals surface area contributed by atoms with Gasteiger partial charge >= 0.3 is 0 Å². The van der Waals surface area contributed by atoms with E-state index in [4.69, 9.17) is 10.5 Å². The summed E-state index contributed by atoms with van der Waals surface area (Å²) >= 11 is 0. The highest BCUT2D eigenvalue weighted by Gasteiger charge is 2.21. The number of nitrogens with one attached hydrogen (secondary N) is 1. The second kappa shape index (κ2) is 5.93. The van der Waals surface area contributed by atoms with Gasteiger partial charge < -0.3 is 20.7 Å². The number of nitrogens with zero attached hydrogens (tertiary/aromatic N) is 1. The van der Waals surface area contributed by atoms with Crippen molar-refractivity contribution in [3.63, 3.8) is 0 Å². The Hall–Kier alpha value is -1.75. The Morgan fingerprint density at radius 1 is 1.53 bits per heavy atom. The van der Waals surface area contributed by atoms with E-state index in [1.165, 1.54) is 0 Å². The maximum Gasteiger partial charge on any atom is 0.255 e. The molecule has 1 saturated heterocycles. The smallest absolute Gasteiger partial charge is 0.255 e. The quantitative estimate of drug-likeness (QED) is 0.801. The third-order valence-corrected chi connectivity index (χ3v) is 3.43. The number of nitrogen functional groups attached to an aromatic ring is 1. The van der Waals surface area contributed by atoms with Crippen molar-refractivity contribution in [1.82, 2.24) is 10.2 Å². The molecule has 0 aliphatic carbocycles. The fourth-order valence-corrected chi connectivity index (χ4v) is 2.44. The van der Waals surface area contributed by atoms with E-state index in [1.54, 1.807) is 25.3 Å². The van der Waals surface area contributed by atoms with Gasteiger partial charge in [0, 0.05) is 24.3 Å². The lowest BCUT2D eigenvalue weighted by molar-refractivity contribution is 0.0909. The molecule has 19 heavy (non-hydrogen) atoms. The van der Waals surface area contributed by atoms with Crippen LogP contribution in [0.2, 0.25) is 0 Å². The summed E-state index contributed by atoms with van der Waals surface area (Å²) in [4.78, 5) is 14.5. The molecule has 0 bridgehead atoms. The molecule has 104 valence electrons. The summed E-state index contributed by atoms with van der Waals surface area (Å²) in [5.74, 6) is 0.416. The van der Waals surface area contributed by atoms with E-state index in [2.05, 4.69) is 17.3 Å². The van der Waals surface area contributed by atoms with Crippen LogP contribution in [-0.4, -0.2) is 44.1 Å². The molecule has 1 aliphatic heterocycles. The predicted molar refractivity (Wildman–Crippen MR) is 75.4 cm³/mol. The number of nitrogens with two attached hydrogens (primary N) is 1. The number of anilines is 1. The summed E-state index contributed by atoms with van der Waals surface area (Å²) in [7, 11) is 3.61. The van der Waals surface area contributed by atoms with Gasteiger partial charge in [0.05, 0.1) is 12.7 Å². The molecule has 5 nitrogen and oxygen atoms in total. The minimum atomic E-state index is -0.0999. The molecule has 5 heteroatoms. The molecule has 1 fully saturated rings. The van der Waals surface area contributed by atoms with E-state index in [1.807, 2.05) is 0 Å². The molecule has 0 radical (unpaired) electrons. The Morgan fingerprint density at radius 3 is 3.00 bits per heavy atom. The number of piperidine rings is 1. The average molecular weight is 263 g/mol. The zero-order valence-corrected chi connectivity index (χ0v) is 11.5. The number of benzene rings is 1. The van der Waals surface area contributed by atoms with Gasteiger partial charge in [0.1, 0.15) is 5.75 Å². The van der Waals surface area contributed by atoms with Gasteiger partial charge in [-0.2, -0.15) is 0 Å². The molecule has 3 N–H and O–H groups in total. The topological polar surface area (TPSA) is 67.6 Å². The van der Waals surface area contributed by atoms with Crippen molar-refractivity contribution < 1.29 is 9.53 Å². The van der Waals surface area contributed by atoms with E-state index in [-0.39, 0.29) is 11.9 Å². The van der Waals surface area contributed by atoms with E-state index < -0.39 is 0 Å². The van der Waals surface area contributed by atoms with Crippen LogP contribution in [0.4, 0.5) is 5.69 Å². The predicted octanol–water partition coefficient (Wildman–Crippen LogP) is 1.10. The number of rotatable bonds is 3. The van der Waals surface area contributed by atoms with Crippen LogP contribution < -0.4 is 15.8 Å². The lowest BCUT2D eigenvalue weighted by Crippen LogP contribution is -2.46. The fourth-order valence-electron chi connectivity index (χ4n) is 2.44. The Balaban J connectivity index is 2.07. The van der Waals surface area contributed by atoms with Crippen molar-refractivity contribution in [1.29, 1.82) is 0 Å². The van der Waals surface area contributed by atoms with Gasteiger partial charge in [-0.3, -0.25) is 4.79 Å². The summed E-state index contributed by atoms with van der Waals surface area (Å²) in [6, 6.07) is 5.29. The molecule has 1 atom stereocenters. The number of hydrogen-bond acceptors (Lipinski definition) is 4. The first kappa shape index (κ1) is 13.7. The molecule has 2 rings (SSSR count). The summed E-state index contributed by atoms with van der Waals surface area (Å²) in [6.45, 7) is 1.99. The minimum Gasteiger partial charge on any atom is -0.496 e. The SMILES string of the molecule is COc1cc(N)ccc1C(=O)NC1CCCN(C)C1. The Bertz CT molecular complexity index is 462. The largest absolute Gasteiger partial charge is 0.496 e. The Labute approximate surface area is 113 Å². The number of carbonyl (C=O) groups is 1. The van der Waals surface area contributed by atoms with Gasteiger partial charge in [-0.05, 0) is 38.6 Å². The van der Waals surface area contributed by atoms with Gasteiger partial charge in [-0.15, -0.1) is 0 Å². The number of methoxy groups -OCH3 is 1. The first-order valence-corrected chi connectivity index (χ1v) is 6.53. The lowest BCUT2D eigenvalue weighted by atomic mass is 10.1. The van der Waals surface area contributed by atoms with E-state index in [9.17, 15) is 4.79 Å². The molecule has 0 spiro atoms. The van der Waals surface area contributed by atoms with Crippen molar-refractivity contribution in [3.8, 4) is 5.75 Å². The van der Waals surface area contributed by atoms with Gasteiger partial charge in [0.25, 0.3) is 5.91 Å². The fraction of sp³-hybridized carbons (Fsp3) is 0.500. The molecule has 1 aromatic rings. The van der Waals surface area contributed by atoms with Crippen LogP contribution in [0.1, 0.15) is 23.2 Å². The highest BCUT2D eigenvalue weighted by atomic mass is 16.5. The zero-order valence-electron chi connectivity index (χ0n) is 11.5. The average Bonchev–Trinajstić information content (AvgIpc) is 2.38. The first-order chi connectivity index (χ1) is 9.10. The molecule has 0 saturated carbocycles. The van der Waals surface area contributed by atoms with Crippen LogP contribution in [0.5, 0.6) is 5.75 Å². The van der Waals surface area contributed by atoms with Crippen LogP contribution in [0.3, 0.4) is 0 Å². The molecular weight excluding hydrogens is 242 g/mol. The summed E-state index contributed by atoms with van der Waals surface area (Å²) < 4.78 is 5.21. The molecule has 0 aromatic heterocycles.